The molecule has 0 saturated carbocycles. The van der Waals surface area contributed by atoms with Gasteiger partial charge in [-0.2, -0.15) is 0 Å². The molecule has 0 spiro atoms. The van der Waals surface area contributed by atoms with Crippen molar-refractivity contribution in [2.24, 2.45) is 0 Å². The molecule has 0 aliphatic carbocycles. The second-order valence-corrected chi connectivity index (χ2v) is 3.40. The summed E-state index contributed by atoms with van der Waals surface area (Å²) < 4.78 is 0. The van der Waals surface area contributed by atoms with Gasteiger partial charge < -0.3 is 15.3 Å². The normalized spacial score (nSPS) is 10.5. The molecule has 1 aromatic carbocycles. The minimum atomic E-state index is -1.39. The van der Waals surface area contributed by atoms with Crippen LogP contribution in [0.5, 0.6) is 5.75 Å². The molecule has 0 aliphatic heterocycles. The summed E-state index contributed by atoms with van der Waals surface area (Å²) in [6.45, 7) is -0.918. The van der Waals surface area contributed by atoms with Gasteiger partial charge in [0.05, 0.1) is 13.2 Å². The predicted octanol–water partition coefficient (Wildman–Crippen LogP) is -0.123. The van der Waals surface area contributed by atoms with Crippen molar-refractivity contribution in [3.63, 3.8) is 0 Å². The van der Waals surface area contributed by atoms with E-state index < -0.39 is 30.0 Å². The number of carbonyl (C=O) groups excluding carboxylic acids is 1. The molecule has 0 saturated heterocycles. The lowest BCUT2D eigenvalue weighted by Gasteiger charge is -2.13. The zero-order valence-electron chi connectivity index (χ0n) is 8.74. The van der Waals surface area contributed by atoms with Crippen molar-refractivity contribution in [2.45, 2.75) is 5.92 Å². The van der Waals surface area contributed by atoms with E-state index in [-0.39, 0.29) is 16.9 Å². The number of nitrogens with zero attached hydrogens (tertiary/aromatic N) is 1. The summed E-state index contributed by atoms with van der Waals surface area (Å²) in [6, 6.07) is 3.44. The molecule has 3 N–H and O–H groups in total. The molecule has 1 aromatic rings. The Morgan fingerprint density at radius 3 is 2.41 bits per heavy atom. The van der Waals surface area contributed by atoms with Crippen molar-refractivity contribution in [1.82, 2.24) is 0 Å². The van der Waals surface area contributed by atoms with Crippen LogP contribution >= 0.6 is 0 Å². The van der Waals surface area contributed by atoms with Gasteiger partial charge in [0.15, 0.2) is 0 Å². The third-order valence-electron chi connectivity index (χ3n) is 2.31. The van der Waals surface area contributed by atoms with Gasteiger partial charge >= 0.3 is 5.91 Å². The Morgan fingerprint density at radius 1 is 1.35 bits per heavy atom. The van der Waals surface area contributed by atoms with Gasteiger partial charge in [-0.05, 0) is 17.7 Å². The molecular formula is C10H11NO6. The minimum absolute atomic E-state index is 0.134. The summed E-state index contributed by atoms with van der Waals surface area (Å²) in [7, 11) is 0. The van der Waals surface area contributed by atoms with Gasteiger partial charge in [-0.25, -0.2) is 4.79 Å². The molecule has 0 unspecified atom stereocenters. The standard InChI is InChI=1S/C10H11NO6/c12-4-6(5-13)8-2-1-7(14)3-9(8)10(15)11(16)17/h1-3,6,12-14H,4-5H2. The van der Waals surface area contributed by atoms with Crippen LogP contribution in [0.15, 0.2) is 18.2 Å². The fourth-order valence-corrected chi connectivity index (χ4v) is 1.44. The van der Waals surface area contributed by atoms with Crippen LogP contribution in [-0.4, -0.2) is 39.4 Å². The largest absolute Gasteiger partial charge is 0.508 e. The molecule has 0 radical (unpaired) electrons. The molecule has 1 rings (SSSR count). The maximum atomic E-state index is 11.3. The smallest absolute Gasteiger partial charge is 0.477 e. The van der Waals surface area contributed by atoms with E-state index in [1.807, 2.05) is 0 Å². The quantitative estimate of drug-likeness (QED) is 0.499. The Labute approximate surface area is 96.1 Å². The summed E-state index contributed by atoms with van der Waals surface area (Å²) in [6.07, 6.45) is 0. The van der Waals surface area contributed by atoms with Crippen molar-refractivity contribution in [2.75, 3.05) is 13.2 Å². The highest BCUT2D eigenvalue weighted by atomic mass is 16.6. The van der Waals surface area contributed by atoms with Crippen LogP contribution in [0, 0.1) is 10.1 Å². The second-order valence-electron chi connectivity index (χ2n) is 3.40. The van der Waals surface area contributed by atoms with Crippen LogP contribution in [-0.2, 0) is 0 Å². The van der Waals surface area contributed by atoms with E-state index in [9.17, 15) is 20.0 Å². The van der Waals surface area contributed by atoms with Crippen LogP contribution in [0.2, 0.25) is 0 Å². The van der Waals surface area contributed by atoms with E-state index in [1.165, 1.54) is 12.1 Å². The summed E-state index contributed by atoms with van der Waals surface area (Å²) >= 11 is 0. The Bertz CT molecular complexity index is 440. The van der Waals surface area contributed by atoms with Gasteiger partial charge in [0.2, 0.25) is 0 Å². The topological polar surface area (TPSA) is 121 Å². The van der Waals surface area contributed by atoms with E-state index >= 15 is 0 Å². The molecule has 7 nitrogen and oxygen atoms in total. The first-order valence-electron chi connectivity index (χ1n) is 4.74. The van der Waals surface area contributed by atoms with Crippen molar-refractivity contribution in [1.29, 1.82) is 0 Å². The van der Waals surface area contributed by atoms with Crippen LogP contribution in [0.25, 0.3) is 0 Å². The van der Waals surface area contributed by atoms with Gasteiger partial charge in [0.25, 0.3) is 0 Å². The molecule has 7 heteroatoms. The molecular weight excluding hydrogens is 230 g/mol. The number of phenols is 1. The van der Waals surface area contributed by atoms with Crippen LogP contribution < -0.4 is 0 Å². The Morgan fingerprint density at radius 2 is 1.94 bits per heavy atom. The lowest BCUT2D eigenvalue weighted by Crippen LogP contribution is -2.18. The molecule has 1 amide bonds. The first kappa shape index (κ1) is 13.1. The number of hydrogen-bond acceptors (Lipinski definition) is 6. The maximum absolute atomic E-state index is 11.3. The predicted molar refractivity (Wildman–Crippen MR) is 56.3 cm³/mol. The number of hydrogen-bond donors (Lipinski definition) is 3. The van der Waals surface area contributed by atoms with E-state index in [0.29, 0.717) is 0 Å². The molecule has 17 heavy (non-hydrogen) atoms. The average molecular weight is 241 g/mol. The summed E-state index contributed by atoms with van der Waals surface area (Å²) in [5, 5.41) is 37.6. The highest BCUT2D eigenvalue weighted by Crippen LogP contribution is 2.24. The minimum Gasteiger partial charge on any atom is -0.508 e. The lowest BCUT2D eigenvalue weighted by molar-refractivity contribution is -0.375. The number of rotatable bonds is 4. The van der Waals surface area contributed by atoms with Gasteiger partial charge in [-0.1, -0.05) is 6.07 Å². The van der Waals surface area contributed by atoms with Crippen LogP contribution in [0.1, 0.15) is 21.8 Å². The Hall–Kier alpha value is -1.99. The van der Waals surface area contributed by atoms with Crippen molar-refractivity contribution < 1.29 is 25.0 Å². The molecule has 92 valence electrons. The number of aliphatic hydroxyl groups excluding tert-OH is 2. The second kappa shape index (κ2) is 5.37. The van der Waals surface area contributed by atoms with E-state index in [0.717, 1.165) is 6.07 Å². The number of benzene rings is 1. The number of aromatic hydroxyl groups is 1. The monoisotopic (exact) mass is 241 g/mol. The molecule has 0 fully saturated rings. The first-order valence-corrected chi connectivity index (χ1v) is 4.74. The lowest BCUT2D eigenvalue weighted by atomic mass is 9.95. The van der Waals surface area contributed by atoms with Crippen molar-refractivity contribution in [3.8, 4) is 5.75 Å². The Kier molecular flexibility index (Phi) is 4.13. The SMILES string of the molecule is O=C(c1cc(O)ccc1C(CO)CO)[N+](=O)[O-]. The van der Waals surface area contributed by atoms with Gasteiger partial charge in [-0.15, -0.1) is 0 Å². The van der Waals surface area contributed by atoms with Crippen LogP contribution in [0.4, 0.5) is 0 Å². The number of carbonyl (C=O) groups is 1. The Balaban J connectivity index is 3.30. The van der Waals surface area contributed by atoms with E-state index in [4.69, 9.17) is 10.2 Å². The van der Waals surface area contributed by atoms with Gasteiger partial charge in [-0.3, -0.25) is 10.1 Å². The highest BCUT2D eigenvalue weighted by molar-refractivity contribution is 5.90. The summed E-state index contributed by atoms with van der Waals surface area (Å²) in [4.78, 5) is 20.6. The van der Waals surface area contributed by atoms with E-state index in [1.54, 1.807) is 0 Å². The highest BCUT2D eigenvalue weighted by Gasteiger charge is 2.26. The zero-order chi connectivity index (χ0) is 13.0. The average Bonchev–Trinajstić information content (AvgIpc) is 2.31. The molecule has 0 aromatic heterocycles. The molecule has 0 atom stereocenters. The third kappa shape index (κ3) is 2.77. The fraction of sp³-hybridized carbons (Fsp3) is 0.300. The van der Waals surface area contributed by atoms with Gasteiger partial charge in [0, 0.05) is 5.92 Å². The number of nitro groups is 1. The van der Waals surface area contributed by atoms with E-state index in [2.05, 4.69) is 0 Å². The van der Waals surface area contributed by atoms with Crippen LogP contribution in [0.3, 0.4) is 0 Å². The zero-order valence-corrected chi connectivity index (χ0v) is 8.74. The summed E-state index contributed by atoms with van der Waals surface area (Å²) in [5.41, 5.74) is -0.197. The van der Waals surface area contributed by atoms with Crippen molar-refractivity contribution >= 4 is 5.91 Å². The number of aliphatic hydroxyl groups is 2. The van der Waals surface area contributed by atoms with Gasteiger partial charge in [0.1, 0.15) is 16.2 Å². The van der Waals surface area contributed by atoms with Crippen molar-refractivity contribution in [3.05, 3.63) is 39.4 Å². The molecule has 0 aliphatic rings. The number of amides is 1. The third-order valence-corrected chi connectivity index (χ3v) is 2.31. The number of phenolic OH excluding ortho intramolecular Hbond substituents is 1. The first-order chi connectivity index (χ1) is 8.01. The molecule has 0 bridgehead atoms. The molecule has 0 heterocycles. The summed E-state index contributed by atoms with van der Waals surface area (Å²) in [5.74, 6) is -2.48. The fourth-order valence-electron chi connectivity index (χ4n) is 1.44. The maximum Gasteiger partial charge on any atom is 0.477 e.